The zero-order valence-corrected chi connectivity index (χ0v) is 16.9. The minimum atomic E-state index is -1.54. The fraction of sp³-hybridized carbons (Fsp3) is 0.250. The average Bonchev–Trinajstić information content (AvgIpc) is 2.67. The van der Waals surface area contributed by atoms with Crippen molar-refractivity contribution in [1.29, 1.82) is 0 Å². The Morgan fingerprint density at radius 2 is 1.50 bits per heavy atom. The Morgan fingerprint density at radius 3 is 2.00 bits per heavy atom. The van der Waals surface area contributed by atoms with E-state index in [0.717, 1.165) is 0 Å². The summed E-state index contributed by atoms with van der Waals surface area (Å²) in [6.07, 6.45) is 0.612. The first kappa shape index (κ1) is 21.7. The van der Waals surface area contributed by atoms with Crippen LogP contribution < -0.4 is 4.90 Å². The number of hydrogen-bond acceptors (Lipinski definition) is 6. The Labute approximate surface area is 172 Å². The molecule has 2 aromatic carbocycles. The monoisotopic (exact) mass is 423 g/mol. The van der Waals surface area contributed by atoms with Gasteiger partial charge in [-0.15, -0.1) is 0 Å². The van der Waals surface area contributed by atoms with Crippen molar-refractivity contribution < 1.29 is 23.9 Å². The third kappa shape index (κ3) is 4.64. The summed E-state index contributed by atoms with van der Waals surface area (Å²) < 4.78 is 10.2. The highest BCUT2D eigenvalue weighted by Crippen LogP contribution is 2.40. The van der Waals surface area contributed by atoms with Gasteiger partial charge < -0.3 is 14.4 Å². The number of para-hydroxylation sites is 2. The van der Waals surface area contributed by atoms with Crippen LogP contribution in [0.3, 0.4) is 0 Å². The highest BCUT2D eigenvalue weighted by Gasteiger charge is 2.39. The van der Waals surface area contributed by atoms with E-state index in [0.29, 0.717) is 6.29 Å². The SMILES string of the molecule is CCOC(=O)C(C(=O)OCC)N(c1ccccc1C=O)c1c(Cl)cccc1Cl. The van der Waals surface area contributed by atoms with E-state index in [1.807, 2.05) is 0 Å². The zero-order chi connectivity index (χ0) is 20.7. The molecular formula is C20H19Cl2NO5. The van der Waals surface area contributed by atoms with Crippen molar-refractivity contribution in [1.82, 2.24) is 0 Å². The molecule has 0 unspecified atom stereocenters. The van der Waals surface area contributed by atoms with Crippen molar-refractivity contribution in [2.24, 2.45) is 0 Å². The van der Waals surface area contributed by atoms with Crippen molar-refractivity contribution in [2.75, 3.05) is 18.1 Å². The fourth-order valence-corrected chi connectivity index (χ4v) is 3.24. The van der Waals surface area contributed by atoms with Crippen LogP contribution >= 0.6 is 23.2 Å². The van der Waals surface area contributed by atoms with Crippen LogP contribution in [0, 0.1) is 0 Å². The molecule has 0 saturated carbocycles. The van der Waals surface area contributed by atoms with Gasteiger partial charge in [0, 0.05) is 5.56 Å². The number of nitrogens with zero attached hydrogens (tertiary/aromatic N) is 1. The van der Waals surface area contributed by atoms with Crippen molar-refractivity contribution >= 4 is 52.8 Å². The number of benzene rings is 2. The molecule has 2 aromatic rings. The molecule has 2 rings (SSSR count). The molecule has 0 aliphatic rings. The number of aldehydes is 1. The maximum Gasteiger partial charge on any atom is 0.340 e. The summed E-state index contributed by atoms with van der Waals surface area (Å²) >= 11 is 12.7. The molecule has 0 aromatic heterocycles. The lowest BCUT2D eigenvalue weighted by molar-refractivity contribution is -0.156. The number of halogens is 2. The lowest BCUT2D eigenvalue weighted by atomic mass is 10.1. The number of carbonyl (C=O) groups is 3. The van der Waals surface area contributed by atoms with Crippen molar-refractivity contribution in [2.45, 2.75) is 19.9 Å². The average molecular weight is 424 g/mol. The van der Waals surface area contributed by atoms with E-state index in [1.165, 1.54) is 4.90 Å². The zero-order valence-electron chi connectivity index (χ0n) is 15.4. The topological polar surface area (TPSA) is 72.9 Å². The number of hydrogen-bond donors (Lipinski definition) is 0. The van der Waals surface area contributed by atoms with E-state index >= 15 is 0 Å². The van der Waals surface area contributed by atoms with Crippen LogP contribution in [0.2, 0.25) is 10.0 Å². The molecule has 0 amide bonds. The molecule has 0 fully saturated rings. The Morgan fingerprint density at radius 1 is 0.964 bits per heavy atom. The molecule has 0 atom stereocenters. The van der Waals surface area contributed by atoms with E-state index in [-0.39, 0.29) is 40.2 Å². The second-order valence-corrected chi connectivity index (χ2v) is 6.34. The molecule has 0 bridgehead atoms. The van der Waals surface area contributed by atoms with Crippen molar-refractivity contribution in [3.63, 3.8) is 0 Å². The van der Waals surface area contributed by atoms with Gasteiger partial charge in [-0.05, 0) is 38.1 Å². The summed E-state index contributed by atoms with van der Waals surface area (Å²) in [6.45, 7) is 3.33. The van der Waals surface area contributed by atoms with Gasteiger partial charge in [0.05, 0.1) is 34.6 Å². The van der Waals surface area contributed by atoms with Crippen molar-refractivity contribution in [3.05, 3.63) is 58.1 Å². The highest BCUT2D eigenvalue weighted by molar-refractivity contribution is 6.39. The first-order chi connectivity index (χ1) is 13.5. The first-order valence-corrected chi connectivity index (χ1v) is 9.32. The van der Waals surface area contributed by atoms with Gasteiger partial charge in [-0.1, -0.05) is 41.4 Å². The molecule has 148 valence electrons. The van der Waals surface area contributed by atoms with Gasteiger partial charge in [-0.3, -0.25) is 4.79 Å². The fourth-order valence-electron chi connectivity index (χ4n) is 2.66. The second kappa shape index (κ2) is 10.1. The van der Waals surface area contributed by atoms with E-state index in [4.69, 9.17) is 32.7 Å². The van der Waals surface area contributed by atoms with Crippen LogP contribution in [-0.4, -0.2) is 37.5 Å². The van der Waals surface area contributed by atoms with Gasteiger partial charge >= 0.3 is 11.9 Å². The second-order valence-electron chi connectivity index (χ2n) is 5.52. The number of carbonyl (C=O) groups excluding carboxylic acids is 3. The Hall–Kier alpha value is -2.57. The largest absolute Gasteiger partial charge is 0.464 e. The van der Waals surface area contributed by atoms with Gasteiger partial charge in [0.15, 0.2) is 6.29 Å². The van der Waals surface area contributed by atoms with Crippen LogP contribution in [0.25, 0.3) is 0 Å². The molecule has 0 N–H and O–H groups in total. The summed E-state index contributed by atoms with van der Waals surface area (Å²) in [6, 6.07) is 9.65. The Balaban J connectivity index is 2.79. The first-order valence-electron chi connectivity index (χ1n) is 8.56. The standard InChI is InChI=1S/C20H19Cl2NO5/c1-3-27-19(25)18(20(26)28-4-2)23(16-11-6-5-8-13(16)12-24)17-14(21)9-7-10-15(17)22/h5-12,18H,3-4H2,1-2H3. The molecule has 0 aliphatic carbocycles. The van der Waals surface area contributed by atoms with Gasteiger partial charge in [0.1, 0.15) is 0 Å². The van der Waals surface area contributed by atoms with Gasteiger partial charge in [0.25, 0.3) is 0 Å². The van der Waals surface area contributed by atoms with E-state index in [9.17, 15) is 14.4 Å². The molecule has 0 spiro atoms. The van der Waals surface area contributed by atoms with Gasteiger partial charge in [0.2, 0.25) is 6.04 Å². The molecule has 8 heteroatoms. The third-order valence-electron chi connectivity index (χ3n) is 3.78. The highest BCUT2D eigenvalue weighted by atomic mass is 35.5. The van der Waals surface area contributed by atoms with Crippen LogP contribution in [0.1, 0.15) is 24.2 Å². The minimum absolute atomic E-state index is 0.0498. The van der Waals surface area contributed by atoms with Crippen LogP contribution in [0.5, 0.6) is 0 Å². The molecule has 0 saturated heterocycles. The maximum atomic E-state index is 12.7. The van der Waals surface area contributed by atoms with Crippen LogP contribution in [-0.2, 0) is 19.1 Å². The smallest absolute Gasteiger partial charge is 0.340 e. The van der Waals surface area contributed by atoms with Crippen LogP contribution in [0.15, 0.2) is 42.5 Å². The minimum Gasteiger partial charge on any atom is -0.464 e. The molecule has 0 heterocycles. The molecule has 6 nitrogen and oxygen atoms in total. The number of rotatable bonds is 8. The van der Waals surface area contributed by atoms with E-state index in [2.05, 4.69) is 0 Å². The van der Waals surface area contributed by atoms with E-state index in [1.54, 1.807) is 56.3 Å². The quantitative estimate of drug-likeness (QED) is 0.355. The predicted molar refractivity (Wildman–Crippen MR) is 107 cm³/mol. The molecule has 0 aliphatic heterocycles. The molecule has 28 heavy (non-hydrogen) atoms. The Kier molecular flexibility index (Phi) is 7.84. The van der Waals surface area contributed by atoms with E-state index < -0.39 is 18.0 Å². The number of ether oxygens (including phenoxy) is 2. The summed E-state index contributed by atoms with van der Waals surface area (Å²) in [7, 11) is 0. The Bertz CT molecular complexity index is 833. The molecule has 0 radical (unpaired) electrons. The summed E-state index contributed by atoms with van der Waals surface area (Å²) in [5, 5.41) is 0.374. The van der Waals surface area contributed by atoms with Crippen molar-refractivity contribution in [3.8, 4) is 0 Å². The maximum absolute atomic E-state index is 12.7. The summed E-state index contributed by atoms with van der Waals surface area (Å²) in [5.41, 5.74) is 0.682. The normalized spacial score (nSPS) is 10.5. The summed E-state index contributed by atoms with van der Waals surface area (Å²) in [4.78, 5) is 38.4. The van der Waals surface area contributed by atoms with Gasteiger partial charge in [-0.2, -0.15) is 0 Å². The number of esters is 2. The lowest BCUT2D eigenvalue weighted by Gasteiger charge is -2.32. The molecular weight excluding hydrogens is 405 g/mol. The lowest BCUT2D eigenvalue weighted by Crippen LogP contribution is -2.47. The predicted octanol–water partition coefficient (Wildman–Crippen LogP) is 4.44. The summed E-state index contributed by atoms with van der Waals surface area (Å²) in [5.74, 6) is -1.70. The third-order valence-corrected chi connectivity index (χ3v) is 4.39. The van der Waals surface area contributed by atoms with Gasteiger partial charge in [-0.25, -0.2) is 9.59 Å². The number of anilines is 2. The van der Waals surface area contributed by atoms with Crippen LogP contribution in [0.4, 0.5) is 11.4 Å².